The molecule has 0 amide bonds. The molecule has 0 spiro atoms. The van der Waals surface area contributed by atoms with Gasteiger partial charge in [0, 0.05) is 18.6 Å². The number of hydrogen-bond acceptors (Lipinski definition) is 3. The van der Waals surface area contributed by atoms with E-state index in [1.807, 2.05) is 0 Å². The fourth-order valence-corrected chi connectivity index (χ4v) is 0.884. The average molecular weight is 159 g/mol. The van der Waals surface area contributed by atoms with Gasteiger partial charge in [0.1, 0.15) is 0 Å². The Hall–Kier alpha value is -0.120. The van der Waals surface area contributed by atoms with E-state index in [4.69, 9.17) is 5.73 Å². The molecule has 0 aromatic carbocycles. The second-order valence-electron chi connectivity index (χ2n) is 3.21. The first kappa shape index (κ1) is 10.9. The van der Waals surface area contributed by atoms with Crippen molar-refractivity contribution in [2.45, 2.75) is 26.3 Å². The third-order valence-electron chi connectivity index (χ3n) is 1.56. The van der Waals surface area contributed by atoms with Crippen molar-refractivity contribution in [3.8, 4) is 0 Å². The van der Waals surface area contributed by atoms with Crippen LogP contribution in [-0.4, -0.2) is 31.7 Å². The maximum atomic E-state index is 5.96. The van der Waals surface area contributed by atoms with E-state index in [0.29, 0.717) is 0 Å². The van der Waals surface area contributed by atoms with Gasteiger partial charge in [-0.05, 0) is 20.0 Å². The average Bonchev–Trinajstić information content (AvgIpc) is 1.97. The summed E-state index contributed by atoms with van der Waals surface area (Å²) < 4.78 is 0. The van der Waals surface area contributed by atoms with Crippen LogP contribution in [0.5, 0.6) is 0 Å². The summed E-state index contributed by atoms with van der Waals surface area (Å²) >= 11 is 0. The Morgan fingerprint density at radius 1 is 1.09 bits per heavy atom. The van der Waals surface area contributed by atoms with Crippen molar-refractivity contribution < 1.29 is 0 Å². The molecule has 0 aliphatic carbocycles. The zero-order chi connectivity index (χ0) is 8.74. The quantitative estimate of drug-likeness (QED) is 0.508. The zero-order valence-corrected chi connectivity index (χ0v) is 7.91. The molecule has 0 saturated heterocycles. The van der Waals surface area contributed by atoms with Gasteiger partial charge in [0.05, 0.1) is 0 Å². The molecule has 0 rings (SSSR count). The van der Waals surface area contributed by atoms with E-state index < -0.39 is 0 Å². The first-order valence-corrected chi connectivity index (χ1v) is 4.32. The molecule has 68 valence electrons. The minimum atomic E-state index is -0.119. The minimum absolute atomic E-state index is 0.119. The van der Waals surface area contributed by atoms with Gasteiger partial charge < -0.3 is 16.4 Å². The van der Waals surface area contributed by atoms with Gasteiger partial charge in [-0.15, -0.1) is 0 Å². The Morgan fingerprint density at radius 3 is 1.73 bits per heavy atom. The molecule has 0 atom stereocenters. The van der Waals surface area contributed by atoms with Crippen molar-refractivity contribution in [2.24, 2.45) is 5.73 Å². The van der Waals surface area contributed by atoms with Crippen molar-refractivity contribution in [3.05, 3.63) is 0 Å². The summed E-state index contributed by atoms with van der Waals surface area (Å²) in [7, 11) is 0. The van der Waals surface area contributed by atoms with Crippen LogP contribution in [-0.2, 0) is 0 Å². The van der Waals surface area contributed by atoms with Gasteiger partial charge in [0.2, 0.25) is 0 Å². The van der Waals surface area contributed by atoms with Crippen molar-refractivity contribution in [1.82, 2.24) is 10.6 Å². The molecule has 0 radical (unpaired) electrons. The maximum absolute atomic E-state index is 5.96. The van der Waals surface area contributed by atoms with Crippen molar-refractivity contribution in [3.63, 3.8) is 0 Å². The molecule has 3 heteroatoms. The van der Waals surface area contributed by atoms with Crippen LogP contribution in [0.25, 0.3) is 0 Å². The first-order chi connectivity index (χ1) is 5.12. The third kappa shape index (κ3) is 6.28. The van der Waals surface area contributed by atoms with Crippen LogP contribution in [0.3, 0.4) is 0 Å². The Labute approximate surface area is 69.7 Å². The molecule has 0 aromatic rings. The van der Waals surface area contributed by atoms with Crippen LogP contribution in [0.1, 0.15) is 20.8 Å². The predicted octanol–water partition coefficient (Wildman–Crippen LogP) is -0.0772. The normalized spacial score (nSPS) is 12.0. The zero-order valence-electron chi connectivity index (χ0n) is 7.91. The number of nitrogens with two attached hydrogens (primary N) is 1. The van der Waals surface area contributed by atoms with Gasteiger partial charge >= 0.3 is 0 Å². The van der Waals surface area contributed by atoms with Crippen LogP contribution in [0.2, 0.25) is 0 Å². The molecular weight excluding hydrogens is 138 g/mol. The standard InChI is InChI=1S/C8H21N3/c1-4-10-6-8(3,9)7-11-5-2/h10-11H,4-7,9H2,1-3H3. The van der Waals surface area contributed by atoms with Gasteiger partial charge in [-0.1, -0.05) is 13.8 Å². The fraction of sp³-hybridized carbons (Fsp3) is 1.00. The van der Waals surface area contributed by atoms with E-state index in [-0.39, 0.29) is 5.54 Å². The Bertz CT molecular complexity index is 81.3. The molecule has 0 aromatic heterocycles. The maximum Gasteiger partial charge on any atom is 0.0378 e. The van der Waals surface area contributed by atoms with Gasteiger partial charge in [0.15, 0.2) is 0 Å². The monoisotopic (exact) mass is 159 g/mol. The van der Waals surface area contributed by atoms with Gasteiger partial charge in [-0.25, -0.2) is 0 Å². The van der Waals surface area contributed by atoms with Crippen molar-refractivity contribution in [2.75, 3.05) is 26.2 Å². The summed E-state index contributed by atoms with van der Waals surface area (Å²) in [5, 5.41) is 6.46. The Balaban J connectivity index is 3.43. The Morgan fingerprint density at radius 2 is 1.45 bits per heavy atom. The van der Waals surface area contributed by atoms with E-state index in [1.54, 1.807) is 0 Å². The van der Waals surface area contributed by atoms with E-state index in [9.17, 15) is 0 Å². The van der Waals surface area contributed by atoms with Crippen LogP contribution >= 0.6 is 0 Å². The molecule has 0 bridgehead atoms. The number of hydrogen-bond donors (Lipinski definition) is 3. The van der Waals surface area contributed by atoms with E-state index in [0.717, 1.165) is 26.2 Å². The fourth-order valence-electron chi connectivity index (χ4n) is 0.884. The number of rotatable bonds is 6. The van der Waals surface area contributed by atoms with Crippen LogP contribution in [0.4, 0.5) is 0 Å². The lowest BCUT2D eigenvalue weighted by Gasteiger charge is -2.24. The summed E-state index contributed by atoms with van der Waals surface area (Å²) in [6.45, 7) is 9.94. The molecule has 0 fully saturated rings. The summed E-state index contributed by atoms with van der Waals surface area (Å²) in [6, 6.07) is 0. The molecule has 4 N–H and O–H groups in total. The van der Waals surface area contributed by atoms with E-state index in [2.05, 4.69) is 31.4 Å². The molecule has 0 heterocycles. The lowest BCUT2D eigenvalue weighted by molar-refractivity contribution is 0.409. The topological polar surface area (TPSA) is 50.1 Å². The highest BCUT2D eigenvalue weighted by molar-refractivity contribution is 4.83. The van der Waals surface area contributed by atoms with Crippen LogP contribution in [0.15, 0.2) is 0 Å². The van der Waals surface area contributed by atoms with Crippen molar-refractivity contribution >= 4 is 0 Å². The second-order valence-corrected chi connectivity index (χ2v) is 3.21. The van der Waals surface area contributed by atoms with Crippen LogP contribution in [0, 0.1) is 0 Å². The molecule has 0 saturated carbocycles. The molecule has 0 aliphatic rings. The largest absolute Gasteiger partial charge is 0.323 e. The van der Waals surface area contributed by atoms with Gasteiger partial charge in [0.25, 0.3) is 0 Å². The van der Waals surface area contributed by atoms with Crippen molar-refractivity contribution in [1.29, 1.82) is 0 Å². The van der Waals surface area contributed by atoms with Gasteiger partial charge in [-0.3, -0.25) is 0 Å². The number of nitrogens with one attached hydrogen (secondary N) is 2. The SMILES string of the molecule is CCNCC(C)(N)CNCC. The lowest BCUT2D eigenvalue weighted by Crippen LogP contribution is -2.53. The van der Waals surface area contributed by atoms with E-state index >= 15 is 0 Å². The predicted molar refractivity (Wildman–Crippen MR) is 49.7 cm³/mol. The van der Waals surface area contributed by atoms with Crippen LogP contribution < -0.4 is 16.4 Å². The highest BCUT2D eigenvalue weighted by Gasteiger charge is 2.15. The summed E-state index contributed by atoms with van der Waals surface area (Å²) in [6.07, 6.45) is 0. The highest BCUT2D eigenvalue weighted by Crippen LogP contribution is 1.93. The van der Waals surface area contributed by atoms with E-state index in [1.165, 1.54) is 0 Å². The summed E-state index contributed by atoms with van der Waals surface area (Å²) in [5.74, 6) is 0. The molecule has 11 heavy (non-hydrogen) atoms. The smallest absolute Gasteiger partial charge is 0.0378 e. The molecule has 0 aliphatic heterocycles. The molecule has 0 unspecified atom stereocenters. The summed E-state index contributed by atoms with van der Waals surface area (Å²) in [4.78, 5) is 0. The molecular formula is C8H21N3. The second kappa shape index (κ2) is 5.52. The highest BCUT2D eigenvalue weighted by atomic mass is 15.0. The lowest BCUT2D eigenvalue weighted by atomic mass is 10.0. The Kier molecular flexibility index (Phi) is 5.46. The minimum Gasteiger partial charge on any atom is -0.323 e. The number of likely N-dealkylation sites (N-methyl/N-ethyl adjacent to an activating group) is 2. The third-order valence-corrected chi connectivity index (χ3v) is 1.56. The first-order valence-electron chi connectivity index (χ1n) is 4.32. The summed E-state index contributed by atoms with van der Waals surface area (Å²) in [5.41, 5.74) is 5.84. The van der Waals surface area contributed by atoms with Gasteiger partial charge in [-0.2, -0.15) is 0 Å². The molecule has 3 nitrogen and oxygen atoms in total.